The van der Waals surface area contributed by atoms with Gasteiger partial charge in [0.25, 0.3) is 11.8 Å². The first kappa shape index (κ1) is 21.4. The number of fused-ring (bicyclic) bond motifs is 1. The van der Waals surface area contributed by atoms with E-state index in [0.717, 1.165) is 23.9 Å². The average Bonchev–Trinajstić information content (AvgIpc) is 3.03. The summed E-state index contributed by atoms with van der Waals surface area (Å²) in [6.45, 7) is 0.0401. The van der Waals surface area contributed by atoms with Gasteiger partial charge in [0.1, 0.15) is 10.1 Å². The molecule has 160 valence electrons. The lowest BCUT2D eigenvalue weighted by Crippen LogP contribution is -2.40. The highest BCUT2D eigenvalue weighted by atomic mass is 32.2. The monoisotopic (exact) mass is 464 g/mol. The molecule has 2 aromatic rings. The Kier molecular flexibility index (Phi) is 5.76. The molecule has 0 bridgehead atoms. The van der Waals surface area contributed by atoms with Crippen LogP contribution in [-0.2, 0) is 22.2 Å². The Morgan fingerprint density at radius 3 is 2.71 bits per heavy atom. The predicted octanol–water partition coefficient (Wildman–Crippen LogP) is 4.16. The van der Waals surface area contributed by atoms with Gasteiger partial charge in [-0.15, -0.1) is 0 Å². The normalized spacial score (nSPS) is 17.6. The van der Waals surface area contributed by atoms with Crippen LogP contribution in [0.25, 0.3) is 6.08 Å². The third-order valence-electron chi connectivity index (χ3n) is 4.74. The van der Waals surface area contributed by atoms with E-state index in [4.69, 9.17) is 17.0 Å². The standard InChI is InChI=1S/C21H15F3N2O3S2/c22-21(23,24)14-3-1-2-12(8-14)6-7-26-15-9-13(4-5-16(15)29-11-18(26)27)10-17-19(28)25-20(30)31-17/h1-5,8-10H,6-7,11H2,(H,25,28,30). The highest BCUT2D eigenvalue weighted by Gasteiger charge is 2.31. The number of carbonyl (C=O) groups is 2. The number of hydrogen-bond donors (Lipinski definition) is 1. The number of anilines is 1. The van der Waals surface area contributed by atoms with Crippen molar-refractivity contribution in [3.63, 3.8) is 0 Å². The minimum Gasteiger partial charge on any atom is -0.482 e. The van der Waals surface area contributed by atoms with Crippen LogP contribution in [0.1, 0.15) is 16.7 Å². The van der Waals surface area contributed by atoms with Crippen LogP contribution in [0.2, 0.25) is 0 Å². The van der Waals surface area contributed by atoms with Gasteiger partial charge >= 0.3 is 6.18 Å². The van der Waals surface area contributed by atoms with Crippen molar-refractivity contribution in [3.8, 4) is 5.75 Å². The summed E-state index contributed by atoms with van der Waals surface area (Å²) in [5, 5.41) is 2.54. The summed E-state index contributed by atoms with van der Waals surface area (Å²) in [5.41, 5.74) is 0.923. The van der Waals surface area contributed by atoms with E-state index in [2.05, 4.69) is 5.32 Å². The molecule has 4 rings (SSSR count). The number of halogens is 3. The van der Waals surface area contributed by atoms with Gasteiger partial charge < -0.3 is 15.0 Å². The van der Waals surface area contributed by atoms with Crippen molar-refractivity contribution in [1.82, 2.24) is 5.32 Å². The minimum absolute atomic E-state index is 0.150. The first-order valence-electron chi connectivity index (χ1n) is 9.19. The molecule has 2 aromatic carbocycles. The van der Waals surface area contributed by atoms with E-state index in [-0.39, 0.29) is 31.4 Å². The van der Waals surface area contributed by atoms with Crippen LogP contribution in [0.5, 0.6) is 5.75 Å². The maximum Gasteiger partial charge on any atom is 0.416 e. The van der Waals surface area contributed by atoms with E-state index in [1.807, 2.05) is 0 Å². The van der Waals surface area contributed by atoms with Gasteiger partial charge in [-0.25, -0.2) is 0 Å². The molecule has 0 saturated carbocycles. The zero-order valence-electron chi connectivity index (χ0n) is 15.9. The molecule has 1 fully saturated rings. The largest absolute Gasteiger partial charge is 0.482 e. The van der Waals surface area contributed by atoms with Gasteiger partial charge in [0.15, 0.2) is 6.61 Å². The minimum atomic E-state index is -4.42. The van der Waals surface area contributed by atoms with Crippen molar-refractivity contribution in [2.24, 2.45) is 0 Å². The highest BCUT2D eigenvalue weighted by Crippen LogP contribution is 2.35. The number of rotatable bonds is 4. The van der Waals surface area contributed by atoms with Gasteiger partial charge in [-0.05, 0) is 41.8 Å². The Morgan fingerprint density at radius 1 is 1.19 bits per heavy atom. The number of nitrogens with zero attached hydrogens (tertiary/aromatic N) is 1. The first-order chi connectivity index (χ1) is 14.7. The van der Waals surface area contributed by atoms with Crippen LogP contribution in [0, 0.1) is 0 Å². The lowest BCUT2D eigenvalue weighted by Gasteiger charge is -2.29. The van der Waals surface area contributed by atoms with Crippen molar-refractivity contribution >= 4 is 51.9 Å². The summed E-state index contributed by atoms with van der Waals surface area (Å²) in [6.07, 6.45) is -2.52. The number of alkyl halides is 3. The Balaban J connectivity index is 1.58. The van der Waals surface area contributed by atoms with Crippen LogP contribution >= 0.6 is 24.0 Å². The summed E-state index contributed by atoms with van der Waals surface area (Å²) in [6, 6.07) is 10.2. The molecule has 2 aliphatic rings. The van der Waals surface area contributed by atoms with Crippen molar-refractivity contribution in [2.75, 3.05) is 18.1 Å². The zero-order chi connectivity index (χ0) is 22.2. The molecule has 10 heteroatoms. The summed E-state index contributed by atoms with van der Waals surface area (Å²) >= 11 is 6.13. The van der Waals surface area contributed by atoms with Crippen LogP contribution in [0.4, 0.5) is 18.9 Å². The molecule has 31 heavy (non-hydrogen) atoms. The molecule has 2 amide bonds. The number of hydrogen-bond acceptors (Lipinski definition) is 5. The summed E-state index contributed by atoms with van der Waals surface area (Å²) in [5.74, 6) is -0.0928. The second-order valence-electron chi connectivity index (χ2n) is 6.86. The van der Waals surface area contributed by atoms with E-state index in [1.54, 1.807) is 30.3 Å². The Bertz CT molecular complexity index is 1120. The fourth-order valence-corrected chi connectivity index (χ4v) is 4.31. The maximum absolute atomic E-state index is 13.0. The lowest BCUT2D eigenvalue weighted by atomic mass is 10.1. The number of nitrogens with one attached hydrogen (secondary N) is 1. The maximum atomic E-state index is 13.0. The van der Waals surface area contributed by atoms with E-state index < -0.39 is 11.7 Å². The van der Waals surface area contributed by atoms with Crippen LogP contribution in [0.3, 0.4) is 0 Å². The Hall–Kier alpha value is -2.85. The third-order valence-corrected chi connectivity index (χ3v) is 5.91. The SMILES string of the molecule is O=C1NC(=S)SC1=Cc1ccc2c(c1)N(CCc1cccc(C(F)(F)F)c1)C(=O)CO2. The smallest absolute Gasteiger partial charge is 0.416 e. The van der Waals surface area contributed by atoms with Crippen LogP contribution in [0.15, 0.2) is 47.4 Å². The first-order valence-corrected chi connectivity index (χ1v) is 10.4. The molecule has 0 radical (unpaired) electrons. The van der Waals surface area contributed by atoms with E-state index >= 15 is 0 Å². The summed E-state index contributed by atoms with van der Waals surface area (Å²) < 4.78 is 44.7. The molecule has 1 saturated heterocycles. The Morgan fingerprint density at radius 2 is 2.00 bits per heavy atom. The number of thiocarbonyl (C=S) groups is 1. The summed E-state index contributed by atoms with van der Waals surface area (Å²) in [4.78, 5) is 26.3. The van der Waals surface area contributed by atoms with E-state index in [1.165, 1.54) is 11.0 Å². The van der Waals surface area contributed by atoms with Crippen LogP contribution in [-0.4, -0.2) is 29.3 Å². The molecule has 5 nitrogen and oxygen atoms in total. The van der Waals surface area contributed by atoms with Crippen LogP contribution < -0.4 is 15.0 Å². The quantitative estimate of drug-likeness (QED) is 0.544. The molecule has 0 spiro atoms. The number of amides is 2. The number of benzene rings is 2. The third kappa shape index (κ3) is 4.75. The topological polar surface area (TPSA) is 58.6 Å². The summed E-state index contributed by atoms with van der Waals surface area (Å²) in [7, 11) is 0. The van der Waals surface area contributed by atoms with Crippen molar-refractivity contribution in [3.05, 3.63) is 64.1 Å². The molecule has 2 aliphatic heterocycles. The van der Waals surface area contributed by atoms with Gasteiger partial charge in [-0.1, -0.05) is 48.2 Å². The van der Waals surface area contributed by atoms with Crippen molar-refractivity contribution < 1.29 is 27.5 Å². The zero-order valence-corrected chi connectivity index (χ0v) is 17.5. The van der Waals surface area contributed by atoms with Crippen molar-refractivity contribution in [2.45, 2.75) is 12.6 Å². The second-order valence-corrected chi connectivity index (χ2v) is 8.58. The Labute approximate surface area is 185 Å². The van der Waals surface area contributed by atoms with E-state index in [0.29, 0.717) is 31.8 Å². The lowest BCUT2D eigenvalue weighted by molar-refractivity contribution is -0.137. The molecule has 0 atom stereocenters. The van der Waals surface area contributed by atoms with Gasteiger partial charge in [0.05, 0.1) is 16.2 Å². The van der Waals surface area contributed by atoms with Crippen molar-refractivity contribution in [1.29, 1.82) is 0 Å². The van der Waals surface area contributed by atoms with Gasteiger partial charge in [-0.2, -0.15) is 13.2 Å². The van der Waals surface area contributed by atoms with Gasteiger partial charge in [0, 0.05) is 6.54 Å². The fourth-order valence-electron chi connectivity index (χ4n) is 3.27. The molecule has 0 aromatic heterocycles. The molecular weight excluding hydrogens is 449 g/mol. The molecule has 1 N–H and O–H groups in total. The predicted molar refractivity (Wildman–Crippen MR) is 116 cm³/mol. The van der Waals surface area contributed by atoms with Gasteiger partial charge in [-0.3, -0.25) is 9.59 Å². The molecule has 2 heterocycles. The van der Waals surface area contributed by atoms with Gasteiger partial charge in [0.2, 0.25) is 0 Å². The molecule has 0 unspecified atom stereocenters. The molecular formula is C21H15F3N2O3S2. The average molecular weight is 464 g/mol. The van der Waals surface area contributed by atoms with E-state index in [9.17, 15) is 22.8 Å². The number of ether oxygens (including phenoxy) is 1. The molecule has 0 aliphatic carbocycles. The highest BCUT2D eigenvalue weighted by molar-refractivity contribution is 8.26. The number of thioether (sulfide) groups is 1. The second kappa shape index (κ2) is 8.35. The number of carbonyl (C=O) groups excluding carboxylic acids is 2. The fraction of sp³-hybridized carbons (Fsp3) is 0.190.